The van der Waals surface area contributed by atoms with Gasteiger partial charge in [0.1, 0.15) is 30.9 Å². The highest BCUT2D eigenvalue weighted by molar-refractivity contribution is 5.85. The monoisotopic (exact) mass is 832 g/mol. The fourth-order valence-electron chi connectivity index (χ4n) is 7.53. The van der Waals surface area contributed by atoms with E-state index >= 15 is 0 Å². The third kappa shape index (κ3) is 19.1. The minimum atomic E-state index is -0.950. The van der Waals surface area contributed by atoms with E-state index in [9.17, 15) is 24.0 Å². The molecule has 0 spiro atoms. The molecule has 3 rings (SSSR count). The van der Waals surface area contributed by atoms with Crippen molar-refractivity contribution in [2.45, 2.75) is 173 Å². The van der Waals surface area contributed by atoms with Crippen LogP contribution < -0.4 is 16.0 Å². The van der Waals surface area contributed by atoms with E-state index in [2.05, 4.69) is 41.6 Å². The van der Waals surface area contributed by atoms with Crippen LogP contribution in [0.2, 0.25) is 0 Å². The predicted octanol–water partition coefficient (Wildman–Crippen LogP) is 10.00. The van der Waals surface area contributed by atoms with Gasteiger partial charge in [-0.05, 0) is 75.1 Å². The molecule has 1 aliphatic rings. The first-order valence-corrected chi connectivity index (χ1v) is 22.6. The van der Waals surface area contributed by atoms with Crippen molar-refractivity contribution < 1.29 is 38.2 Å². The first-order chi connectivity index (χ1) is 28.9. The zero-order valence-corrected chi connectivity index (χ0v) is 37.0. The molecular formula is C49H73N3O8. The molecule has 0 radical (unpaired) electrons. The molecule has 0 heterocycles. The van der Waals surface area contributed by atoms with Crippen LogP contribution in [0, 0.1) is 0 Å². The first kappa shape index (κ1) is 49.7. The van der Waals surface area contributed by atoms with Crippen LogP contribution in [-0.2, 0) is 33.4 Å². The van der Waals surface area contributed by atoms with E-state index in [4.69, 9.17) is 14.2 Å². The first-order valence-electron chi connectivity index (χ1n) is 22.6. The van der Waals surface area contributed by atoms with Crippen LogP contribution in [-0.4, -0.2) is 67.3 Å². The molecule has 2 atom stereocenters. The number of amides is 3. The van der Waals surface area contributed by atoms with E-state index < -0.39 is 35.7 Å². The number of carbonyl (C=O) groups excluding carboxylic acids is 5. The van der Waals surface area contributed by atoms with E-state index in [-0.39, 0.29) is 50.2 Å². The van der Waals surface area contributed by atoms with Crippen LogP contribution in [0.5, 0.6) is 0 Å². The lowest BCUT2D eigenvalue weighted by molar-refractivity contribution is -0.159. The summed E-state index contributed by atoms with van der Waals surface area (Å²) >= 11 is 0. The van der Waals surface area contributed by atoms with Gasteiger partial charge in [-0.3, -0.25) is 9.59 Å². The molecule has 332 valence electrons. The third-order valence-electron chi connectivity index (χ3n) is 10.7. The van der Waals surface area contributed by atoms with Gasteiger partial charge in [0.2, 0.25) is 11.8 Å². The van der Waals surface area contributed by atoms with Gasteiger partial charge in [0.15, 0.2) is 0 Å². The molecule has 0 unspecified atom stereocenters. The van der Waals surface area contributed by atoms with Crippen molar-refractivity contribution >= 4 is 29.8 Å². The molecule has 0 saturated carbocycles. The van der Waals surface area contributed by atoms with Gasteiger partial charge in [-0.2, -0.15) is 0 Å². The smallest absolute Gasteiger partial charge is 0.407 e. The molecule has 0 saturated heterocycles. The molecule has 1 aliphatic carbocycles. The van der Waals surface area contributed by atoms with Gasteiger partial charge in [-0.1, -0.05) is 145 Å². The summed E-state index contributed by atoms with van der Waals surface area (Å²) in [5.41, 5.74) is 3.66. The van der Waals surface area contributed by atoms with Crippen LogP contribution in [0.1, 0.15) is 167 Å². The minimum absolute atomic E-state index is 0.00193. The number of carbonyl (C=O) groups is 5. The van der Waals surface area contributed by atoms with E-state index in [1.807, 2.05) is 36.4 Å². The van der Waals surface area contributed by atoms with Crippen molar-refractivity contribution in [2.75, 3.05) is 19.8 Å². The average Bonchev–Trinajstić information content (AvgIpc) is 3.54. The Balaban J connectivity index is 1.37. The van der Waals surface area contributed by atoms with E-state index in [1.165, 1.54) is 70.3 Å². The Bertz CT molecular complexity index is 1590. The molecule has 0 aliphatic heterocycles. The lowest BCUT2D eigenvalue weighted by Crippen LogP contribution is -2.44. The average molecular weight is 832 g/mol. The van der Waals surface area contributed by atoms with E-state index in [0.29, 0.717) is 25.8 Å². The zero-order valence-electron chi connectivity index (χ0n) is 37.0. The summed E-state index contributed by atoms with van der Waals surface area (Å²) in [7, 11) is 0. The molecule has 0 bridgehead atoms. The SMILES string of the molecule is C=CCOC(=O)[C@H](CCCCNC(=O)CC[C@@H](NC(=O)CCCCCCCCCCCCCCC)C(=O)OC(C)(C)C)NC(=O)OCC1c2ccccc2-c2ccccc21. The minimum Gasteiger partial charge on any atom is -0.460 e. The molecular weight excluding hydrogens is 759 g/mol. The zero-order chi connectivity index (χ0) is 43.6. The molecule has 3 N–H and O–H groups in total. The highest BCUT2D eigenvalue weighted by Gasteiger charge is 2.30. The number of hydrogen-bond acceptors (Lipinski definition) is 8. The molecule has 2 aromatic carbocycles. The molecule has 0 aromatic heterocycles. The number of hydrogen-bond donors (Lipinski definition) is 3. The normalized spacial score (nSPS) is 13.0. The maximum absolute atomic E-state index is 13.0. The summed E-state index contributed by atoms with van der Waals surface area (Å²) < 4.78 is 16.5. The van der Waals surface area contributed by atoms with E-state index in [0.717, 1.165) is 41.5 Å². The van der Waals surface area contributed by atoms with Gasteiger partial charge in [-0.25, -0.2) is 14.4 Å². The molecule has 11 heteroatoms. The van der Waals surface area contributed by atoms with E-state index in [1.54, 1.807) is 20.8 Å². The summed E-state index contributed by atoms with van der Waals surface area (Å²) in [4.78, 5) is 64.5. The number of unbranched alkanes of at least 4 members (excludes halogenated alkanes) is 13. The Morgan fingerprint density at radius 3 is 1.77 bits per heavy atom. The van der Waals surface area contributed by atoms with Crippen LogP contribution >= 0.6 is 0 Å². The van der Waals surface area contributed by atoms with Crippen LogP contribution in [0.4, 0.5) is 4.79 Å². The highest BCUT2D eigenvalue weighted by Crippen LogP contribution is 2.44. The van der Waals surface area contributed by atoms with Gasteiger partial charge >= 0.3 is 18.0 Å². The Labute approximate surface area is 359 Å². The van der Waals surface area contributed by atoms with Gasteiger partial charge in [0.05, 0.1) is 0 Å². The lowest BCUT2D eigenvalue weighted by Gasteiger charge is -2.24. The summed E-state index contributed by atoms with van der Waals surface area (Å²) in [5, 5.41) is 8.34. The number of benzene rings is 2. The lowest BCUT2D eigenvalue weighted by atomic mass is 9.98. The maximum Gasteiger partial charge on any atom is 0.407 e. The van der Waals surface area contributed by atoms with Crippen molar-refractivity contribution in [3.63, 3.8) is 0 Å². The van der Waals surface area contributed by atoms with Crippen molar-refractivity contribution in [1.82, 2.24) is 16.0 Å². The Morgan fingerprint density at radius 2 is 1.20 bits per heavy atom. The second-order valence-electron chi connectivity index (χ2n) is 17.0. The Morgan fingerprint density at radius 1 is 0.650 bits per heavy atom. The molecule has 11 nitrogen and oxygen atoms in total. The van der Waals surface area contributed by atoms with Crippen LogP contribution in [0.15, 0.2) is 61.2 Å². The van der Waals surface area contributed by atoms with Gasteiger partial charge in [0.25, 0.3) is 0 Å². The molecule has 2 aromatic rings. The van der Waals surface area contributed by atoms with Gasteiger partial charge in [-0.15, -0.1) is 0 Å². The number of esters is 2. The number of alkyl carbamates (subject to hydrolysis) is 1. The second-order valence-corrected chi connectivity index (χ2v) is 17.0. The standard InChI is InChI=1S/C49H73N3O8/c1-6-8-9-10-11-12-13-14-15-16-17-18-19-31-45(54)51-43(47(56)60-49(3,4)5)32-33-44(53)50-34-25-24-30-42(46(55)58-35-7-2)52-48(57)59-36-41-39-28-22-20-26-37(39)38-27-21-23-29-40(38)41/h7,20-23,26-29,41-43H,2,6,8-19,24-25,30-36H2,1,3-5H3,(H,50,53)(H,51,54)(H,52,57)/t42-,43+/m0/s1. The number of fused-ring (bicyclic) bond motifs is 3. The van der Waals surface area contributed by atoms with Crippen molar-refractivity contribution in [1.29, 1.82) is 0 Å². The summed E-state index contributed by atoms with van der Waals surface area (Å²) in [5.74, 6) is -1.78. The molecule has 0 fully saturated rings. The van der Waals surface area contributed by atoms with Crippen LogP contribution in [0.3, 0.4) is 0 Å². The topological polar surface area (TPSA) is 149 Å². The predicted molar refractivity (Wildman–Crippen MR) is 237 cm³/mol. The van der Waals surface area contributed by atoms with Gasteiger partial charge in [0, 0.05) is 25.3 Å². The Hall–Kier alpha value is -4.67. The maximum atomic E-state index is 13.0. The fourth-order valence-corrected chi connectivity index (χ4v) is 7.53. The molecule has 60 heavy (non-hydrogen) atoms. The summed E-state index contributed by atoms with van der Waals surface area (Å²) in [6.45, 7) is 11.6. The van der Waals surface area contributed by atoms with Gasteiger partial charge < -0.3 is 30.2 Å². The number of rotatable bonds is 30. The van der Waals surface area contributed by atoms with Crippen molar-refractivity contribution in [3.05, 3.63) is 72.3 Å². The number of nitrogens with one attached hydrogen (secondary N) is 3. The fraction of sp³-hybridized carbons (Fsp3) is 0.612. The van der Waals surface area contributed by atoms with Crippen molar-refractivity contribution in [2.24, 2.45) is 0 Å². The quantitative estimate of drug-likeness (QED) is 0.0305. The molecule has 3 amide bonds. The summed E-state index contributed by atoms with van der Waals surface area (Å²) in [6, 6.07) is 14.2. The highest BCUT2D eigenvalue weighted by atomic mass is 16.6. The van der Waals surface area contributed by atoms with Crippen molar-refractivity contribution in [3.8, 4) is 11.1 Å². The largest absolute Gasteiger partial charge is 0.460 e. The van der Waals surface area contributed by atoms with Crippen LogP contribution in [0.25, 0.3) is 11.1 Å². The Kier molecular flexibility index (Phi) is 23.2. The summed E-state index contributed by atoms with van der Waals surface area (Å²) in [6.07, 6.45) is 18.3. The number of ether oxygens (including phenoxy) is 3. The third-order valence-corrected chi connectivity index (χ3v) is 10.7. The second kappa shape index (κ2) is 28.0.